The number of likely N-dealkylation sites (N-methyl/N-ethyl adjacent to an activating group) is 1. The van der Waals surface area contributed by atoms with Crippen LogP contribution in [0.2, 0.25) is 0 Å². The molecule has 2 aliphatic rings. The third-order valence-corrected chi connectivity index (χ3v) is 7.22. The number of nitrogens with two attached hydrogens (primary N) is 1. The van der Waals surface area contributed by atoms with Gasteiger partial charge in [-0.05, 0) is 46.7 Å². The number of piperidine rings is 2. The van der Waals surface area contributed by atoms with E-state index in [1.54, 1.807) is 24.3 Å². The van der Waals surface area contributed by atoms with E-state index in [-0.39, 0.29) is 5.54 Å². The fourth-order valence-electron chi connectivity index (χ4n) is 5.59. The van der Waals surface area contributed by atoms with Gasteiger partial charge in [0.15, 0.2) is 5.72 Å². The molecular weight excluding hydrogens is 376 g/mol. The van der Waals surface area contributed by atoms with E-state index >= 15 is 0 Å². The first-order valence-corrected chi connectivity index (χ1v) is 10.4. The minimum absolute atomic E-state index is 0.268. The molecule has 0 aliphatic carbocycles. The van der Waals surface area contributed by atoms with Crippen LogP contribution in [-0.4, -0.2) is 68.2 Å². The van der Waals surface area contributed by atoms with Gasteiger partial charge in [-0.15, -0.1) is 26.3 Å². The van der Waals surface area contributed by atoms with E-state index in [4.69, 9.17) is 5.73 Å². The predicted molar refractivity (Wildman–Crippen MR) is 125 cm³/mol. The summed E-state index contributed by atoms with van der Waals surface area (Å²) in [5.41, 5.74) is 2.52. The van der Waals surface area contributed by atoms with Crippen molar-refractivity contribution in [2.45, 2.75) is 80.2 Å². The Bertz CT molecular complexity index is 740. The van der Waals surface area contributed by atoms with Gasteiger partial charge in [0.05, 0.1) is 17.7 Å². The molecule has 2 heterocycles. The third-order valence-electron chi connectivity index (χ3n) is 7.22. The third kappa shape index (κ3) is 3.18. The molecule has 0 aromatic rings. The summed E-state index contributed by atoms with van der Waals surface area (Å²) in [6.07, 6.45) is 6.43. The van der Waals surface area contributed by atoms with Crippen LogP contribution in [-0.2, 0) is 0 Å². The molecule has 0 bridgehead atoms. The van der Waals surface area contributed by atoms with Gasteiger partial charge in [0, 0.05) is 17.1 Å². The van der Waals surface area contributed by atoms with Crippen molar-refractivity contribution in [2.75, 3.05) is 7.05 Å². The summed E-state index contributed by atoms with van der Waals surface area (Å²) in [5.74, 6) is 0. The lowest BCUT2D eigenvalue weighted by atomic mass is 9.65. The second-order valence-corrected chi connectivity index (χ2v) is 9.93. The van der Waals surface area contributed by atoms with E-state index in [0.29, 0.717) is 12.0 Å². The second-order valence-electron chi connectivity index (χ2n) is 9.93. The van der Waals surface area contributed by atoms with Crippen molar-refractivity contribution in [1.82, 2.24) is 15.5 Å². The summed E-state index contributed by atoms with van der Waals surface area (Å²) >= 11 is 0. The monoisotopic (exact) mass is 416 g/mol. The molecule has 2 aliphatic heterocycles. The van der Waals surface area contributed by atoms with E-state index in [9.17, 15) is 10.2 Å². The second kappa shape index (κ2) is 7.55. The Balaban J connectivity index is 2.65. The number of nitrogens with zero attached hydrogens (tertiary/aromatic N) is 1. The minimum atomic E-state index is -1.74. The van der Waals surface area contributed by atoms with Crippen molar-refractivity contribution < 1.29 is 10.2 Å². The average molecular weight is 417 g/mol. The predicted octanol–water partition coefficient (Wildman–Crippen LogP) is 1.60. The molecule has 30 heavy (non-hydrogen) atoms. The van der Waals surface area contributed by atoms with Crippen LogP contribution >= 0.6 is 0 Å². The molecule has 0 amide bonds. The highest BCUT2D eigenvalue weighted by Crippen LogP contribution is 2.48. The molecule has 4 unspecified atom stereocenters. The maximum absolute atomic E-state index is 12.1. The van der Waals surface area contributed by atoms with E-state index in [1.165, 1.54) is 0 Å². The lowest BCUT2D eigenvalue weighted by Gasteiger charge is -2.64. The van der Waals surface area contributed by atoms with Crippen LogP contribution in [0.5, 0.6) is 0 Å². The number of rotatable bonds is 6. The van der Waals surface area contributed by atoms with Crippen molar-refractivity contribution in [3.63, 3.8) is 0 Å². The van der Waals surface area contributed by atoms with Crippen LogP contribution in [0.4, 0.5) is 0 Å². The largest absolute Gasteiger partial charge is 0.390 e. The van der Waals surface area contributed by atoms with Crippen LogP contribution in [0.15, 0.2) is 62.8 Å². The van der Waals surface area contributed by atoms with E-state index in [0.717, 1.165) is 0 Å². The van der Waals surface area contributed by atoms with Crippen molar-refractivity contribution in [1.29, 1.82) is 0 Å². The van der Waals surface area contributed by atoms with Gasteiger partial charge in [0.2, 0.25) is 0 Å². The van der Waals surface area contributed by atoms with Gasteiger partial charge in [0.1, 0.15) is 5.54 Å². The molecule has 0 aromatic heterocycles. The number of hydrogen-bond donors (Lipinski definition) is 5. The van der Waals surface area contributed by atoms with Gasteiger partial charge in [-0.25, -0.2) is 0 Å². The Morgan fingerprint density at radius 3 is 2.03 bits per heavy atom. The van der Waals surface area contributed by atoms with Gasteiger partial charge in [-0.1, -0.05) is 30.9 Å². The van der Waals surface area contributed by atoms with Crippen LogP contribution < -0.4 is 16.4 Å². The van der Waals surface area contributed by atoms with Gasteiger partial charge >= 0.3 is 0 Å². The molecule has 0 aromatic carbocycles. The summed E-state index contributed by atoms with van der Waals surface area (Å²) in [6, 6.07) is -1.37. The topological polar surface area (TPSA) is 93.8 Å². The SMILES string of the molecule is C=CC1(C=C)C(=C)C(N)C(O)(NC2CC(C)(C)NC(C)(C)C2O)C(C=C)(C=C)N1C. The summed E-state index contributed by atoms with van der Waals surface area (Å²) < 4.78 is 0. The van der Waals surface area contributed by atoms with E-state index < -0.39 is 40.5 Å². The Hall–Kier alpha value is -1.54. The van der Waals surface area contributed by atoms with Crippen molar-refractivity contribution in [3.05, 3.63) is 62.8 Å². The molecule has 2 rings (SSSR count). The molecule has 0 saturated carbocycles. The maximum atomic E-state index is 12.1. The van der Waals surface area contributed by atoms with Gasteiger partial charge in [0.25, 0.3) is 0 Å². The van der Waals surface area contributed by atoms with Gasteiger partial charge in [-0.3, -0.25) is 10.2 Å². The molecule has 2 fully saturated rings. The fourth-order valence-corrected chi connectivity index (χ4v) is 5.59. The first kappa shape index (κ1) is 24.7. The van der Waals surface area contributed by atoms with Crippen LogP contribution in [0, 0.1) is 0 Å². The number of nitrogens with one attached hydrogen (secondary N) is 2. The molecule has 168 valence electrons. The Kier molecular flexibility index (Phi) is 6.22. The highest BCUT2D eigenvalue weighted by molar-refractivity contribution is 5.48. The van der Waals surface area contributed by atoms with Crippen LogP contribution in [0.25, 0.3) is 0 Å². The van der Waals surface area contributed by atoms with E-state index in [2.05, 4.69) is 57.4 Å². The molecule has 6 heteroatoms. The fraction of sp³-hybridized carbons (Fsp3) is 0.583. The van der Waals surface area contributed by atoms with Crippen LogP contribution in [0.1, 0.15) is 34.1 Å². The highest BCUT2D eigenvalue weighted by atomic mass is 16.3. The Labute approximate surface area is 181 Å². The Morgan fingerprint density at radius 2 is 1.60 bits per heavy atom. The maximum Gasteiger partial charge on any atom is 0.161 e. The molecule has 4 atom stereocenters. The number of aliphatic hydroxyl groups is 2. The molecule has 0 radical (unpaired) electrons. The first-order chi connectivity index (χ1) is 13.6. The number of likely N-dealkylation sites (tertiary alicyclic amines) is 1. The standard InChI is InChI=1S/C24H40N4O2/c1-11-22(12-2)16(5)18(25)24(30,23(13-3,14-4)28(22)10)26-17-15-20(6,7)27-21(8,9)19(17)29/h11-14,17-19,26-27,29-30H,1-5,15,25H2,6-10H3. The first-order valence-electron chi connectivity index (χ1n) is 10.4. The smallest absolute Gasteiger partial charge is 0.161 e. The van der Waals surface area contributed by atoms with Crippen molar-refractivity contribution in [2.24, 2.45) is 5.73 Å². The minimum Gasteiger partial charge on any atom is -0.390 e. The normalized spacial score (nSPS) is 37.2. The van der Waals surface area contributed by atoms with Gasteiger partial charge in [-0.2, -0.15) is 0 Å². The summed E-state index contributed by atoms with van der Waals surface area (Å²) in [6.45, 7) is 28.1. The number of aliphatic hydroxyl groups excluding tert-OH is 1. The molecule has 2 saturated heterocycles. The van der Waals surface area contributed by atoms with Crippen molar-refractivity contribution in [3.8, 4) is 0 Å². The summed E-state index contributed by atoms with van der Waals surface area (Å²) in [5, 5.41) is 30.0. The zero-order chi connectivity index (χ0) is 23.3. The molecule has 0 spiro atoms. The van der Waals surface area contributed by atoms with Crippen LogP contribution in [0.3, 0.4) is 0 Å². The molecular formula is C24H40N4O2. The Morgan fingerprint density at radius 1 is 1.10 bits per heavy atom. The summed E-state index contributed by atoms with van der Waals surface area (Å²) in [7, 11) is 1.82. The number of hydrogen-bond acceptors (Lipinski definition) is 6. The zero-order valence-electron chi connectivity index (χ0n) is 19.2. The van der Waals surface area contributed by atoms with Gasteiger partial charge < -0.3 is 21.3 Å². The lowest BCUT2D eigenvalue weighted by molar-refractivity contribution is -0.150. The average Bonchev–Trinajstić information content (AvgIpc) is 2.66. The lowest BCUT2D eigenvalue weighted by Crippen LogP contribution is -2.85. The molecule has 6 nitrogen and oxygen atoms in total. The zero-order valence-corrected chi connectivity index (χ0v) is 19.2. The quantitative estimate of drug-likeness (QED) is 0.334. The van der Waals surface area contributed by atoms with Crippen molar-refractivity contribution >= 4 is 0 Å². The molecule has 6 N–H and O–H groups in total. The van der Waals surface area contributed by atoms with E-state index in [1.807, 2.05) is 25.8 Å². The summed E-state index contributed by atoms with van der Waals surface area (Å²) in [4.78, 5) is 1.86. The highest BCUT2D eigenvalue weighted by Gasteiger charge is 2.64.